The van der Waals surface area contributed by atoms with Crippen LogP contribution in [0, 0.1) is 0 Å². The fraction of sp³-hybridized carbons (Fsp3) is 0.292. The zero-order valence-corrected chi connectivity index (χ0v) is 19.7. The van der Waals surface area contributed by atoms with Gasteiger partial charge in [0.1, 0.15) is 23.9 Å². The number of nitrogens with one attached hydrogen (secondary N) is 2. The lowest BCUT2D eigenvalue weighted by Crippen LogP contribution is -2.31. The minimum atomic E-state index is -0.555. The summed E-state index contributed by atoms with van der Waals surface area (Å²) >= 11 is 0. The Kier molecular flexibility index (Phi) is 6.58. The summed E-state index contributed by atoms with van der Waals surface area (Å²) in [5, 5.41) is 10.5. The van der Waals surface area contributed by atoms with Crippen LogP contribution in [0.25, 0.3) is 0 Å². The number of methoxy groups -OCH3 is 3. The highest BCUT2D eigenvalue weighted by Crippen LogP contribution is 2.39. The largest absolute Gasteiger partial charge is 0.497 e. The van der Waals surface area contributed by atoms with Crippen LogP contribution in [0.2, 0.25) is 0 Å². The first-order chi connectivity index (χ1) is 16.5. The lowest BCUT2D eigenvalue weighted by atomic mass is 9.94. The summed E-state index contributed by atoms with van der Waals surface area (Å²) in [6.45, 7) is 4.20. The first kappa shape index (κ1) is 23.0. The third-order valence-electron chi connectivity index (χ3n) is 5.50. The number of amides is 1. The van der Waals surface area contributed by atoms with Crippen molar-refractivity contribution >= 4 is 17.5 Å². The van der Waals surface area contributed by atoms with Gasteiger partial charge in [-0.25, -0.2) is 4.68 Å². The van der Waals surface area contributed by atoms with Crippen molar-refractivity contribution in [2.45, 2.75) is 19.9 Å². The van der Waals surface area contributed by atoms with Crippen molar-refractivity contribution < 1.29 is 23.7 Å². The number of carbonyl (C=O) groups excluding carboxylic acids is 1. The maximum atomic E-state index is 13.7. The number of rotatable bonds is 8. The zero-order valence-electron chi connectivity index (χ0n) is 19.7. The smallest absolute Gasteiger partial charge is 0.255 e. The fourth-order valence-corrected chi connectivity index (χ4v) is 3.93. The van der Waals surface area contributed by atoms with E-state index in [2.05, 4.69) is 20.7 Å². The Balaban J connectivity index is 1.78. The Hall–Kier alpha value is -4.21. The van der Waals surface area contributed by atoms with Crippen molar-refractivity contribution in [1.82, 2.24) is 14.8 Å². The number of aromatic nitrogens is 3. The molecule has 2 aromatic carbocycles. The molecule has 1 aliphatic rings. The summed E-state index contributed by atoms with van der Waals surface area (Å²) in [6.07, 6.45) is 1.45. The number of hydrogen-bond acceptors (Lipinski definition) is 8. The normalized spacial score (nSPS) is 14.7. The van der Waals surface area contributed by atoms with Gasteiger partial charge >= 0.3 is 0 Å². The lowest BCUT2D eigenvalue weighted by Gasteiger charge is -2.29. The van der Waals surface area contributed by atoms with Gasteiger partial charge in [-0.2, -0.15) is 10.1 Å². The van der Waals surface area contributed by atoms with E-state index in [4.69, 9.17) is 18.9 Å². The van der Waals surface area contributed by atoms with Gasteiger partial charge < -0.3 is 29.6 Å². The maximum absolute atomic E-state index is 13.7. The fourth-order valence-electron chi connectivity index (χ4n) is 3.93. The second kappa shape index (κ2) is 9.74. The monoisotopic (exact) mass is 465 g/mol. The summed E-state index contributed by atoms with van der Waals surface area (Å²) < 4.78 is 23.6. The quantitative estimate of drug-likeness (QED) is 0.519. The molecule has 2 heterocycles. The van der Waals surface area contributed by atoms with Gasteiger partial charge in [0.05, 0.1) is 39.2 Å². The van der Waals surface area contributed by atoms with Crippen LogP contribution in [-0.2, 0) is 4.79 Å². The van der Waals surface area contributed by atoms with Crippen molar-refractivity contribution in [2.75, 3.05) is 38.6 Å². The minimum Gasteiger partial charge on any atom is -0.497 e. The molecule has 0 spiro atoms. The molecule has 4 rings (SSSR count). The van der Waals surface area contributed by atoms with E-state index in [9.17, 15) is 4.79 Å². The van der Waals surface area contributed by atoms with E-state index in [1.165, 1.54) is 6.33 Å². The summed E-state index contributed by atoms with van der Waals surface area (Å²) in [5.74, 6) is 2.50. The minimum absolute atomic E-state index is 0.323. The molecule has 1 amide bonds. The first-order valence-electron chi connectivity index (χ1n) is 10.7. The number of carbonyl (C=O) groups is 1. The van der Waals surface area contributed by atoms with Crippen molar-refractivity contribution in [2.24, 2.45) is 0 Å². The molecular formula is C24H27N5O5. The average Bonchev–Trinajstić information content (AvgIpc) is 3.31. The molecular weight excluding hydrogens is 438 g/mol. The van der Waals surface area contributed by atoms with Crippen molar-refractivity contribution in [3.63, 3.8) is 0 Å². The van der Waals surface area contributed by atoms with Crippen LogP contribution in [0.3, 0.4) is 0 Å². The molecule has 1 atom stereocenters. The van der Waals surface area contributed by atoms with Gasteiger partial charge in [0, 0.05) is 11.8 Å². The van der Waals surface area contributed by atoms with Gasteiger partial charge in [0.2, 0.25) is 5.95 Å². The third kappa shape index (κ3) is 4.21. The highest BCUT2D eigenvalue weighted by atomic mass is 16.5. The zero-order chi connectivity index (χ0) is 24.2. The first-order valence-corrected chi connectivity index (χ1v) is 10.7. The number of fused-ring (bicyclic) bond motifs is 1. The van der Waals surface area contributed by atoms with Crippen molar-refractivity contribution in [3.8, 4) is 23.0 Å². The molecule has 1 aromatic heterocycles. The van der Waals surface area contributed by atoms with Crippen LogP contribution in [0.1, 0.15) is 25.5 Å². The second-order valence-corrected chi connectivity index (χ2v) is 7.46. The highest BCUT2D eigenvalue weighted by Gasteiger charge is 2.34. The van der Waals surface area contributed by atoms with E-state index >= 15 is 0 Å². The molecule has 34 heavy (non-hydrogen) atoms. The summed E-state index contributed by atoms with van der Waals surface area (Å²) in [6, 6.07) is 10.2. The molecule has 0 radical (unpaired) electrons. The van der Waals surface area contributed by atoms with E-state index in [0.29, 0.717) is 52.5 Å². The van der Waals surface area contributed by atoms with Crippen LogP contribution >= 0.6 is 0 Å². The molecule has 178 valence electrons. The van der Waals surface area contributed by atoms with E-state index in [1.54, 1.807) is 44.2 Å². The standard InChI is InChI=1S/C24H27N5O5/c1-6-34-20-11-15(7-9-19(20)33-5)22-21(14(2)27-24-25-13-26-29(22)24)23(30)28-17-12-16(31-3)8-10-18(17)32-4/h7-13,22H,6H2,1-5H3,(H,28,30)(H,25,26,27)/t22-/m1/s1. The Morgan fingerprint density at radius 1 is 1.06 bits per heavy atom. The van der Waals surface area contributed by atoms with Crippen LogP contribution in [0.4, 0.5) is 11.6 Å². The molecule has 0 saturated carbocycles. The Labute approximate surface area is 197 Å². The molecule has 10 nitrogen and oxygen atoms in total. The highest BCUT2D eigenvalue weighted by molar-refractivity contribution is 6.06. The number of anilines is 2. The van der Waals surface area contributed by atoms with E-state index in [-0.39, 0.29) is 5.91 Å². The number of hydrogen-bond donors (Lipinski definition) is 2. The van der Waals surface area contributed by atoms with Crippen LogP contribution in [0.5, 0.6) is 23.0 Å². The molecule has 2 N–H and O–H groups in total. The molecule has 0 bridgehead atoms. The van der Waals surface area contributed by atoms with Crippen LogP contribution in [0.15, 0.2) is 54.0 Å². The average molecular weight is 466 g/mol. The molecule has 1 aliphatic heterocycles. The Bertz CT molecular complexity index is 1240. The molecule has 3 aromatic rings. The van der Waals surface area contributed by atoms with Gasteiger partial charge in [-0.3, -0.25) is 4.79 Å². The molecule has 0 unspecified atom stereocenters. The summed E-state index contributed by atoms with van der Waals surface area (Å²) in [4.78, 5) is 18.0. The number of nitrogens with zero attached hydrogens (tertiary/aromatic N) is 3. The maximum Gasteiger partial charge on any atom is 0.255 e. The van der Waals surface area contributed by atoms with Crippen molar-refractivity contribution in [1.29, 1.82) is 0 Å². The number of allylic oxidation sites excluding steroid dienone is 1. The molecule has 0 aliphatic carbocycles. The van der Waals surface area contributed by atoms with Gasteiger partial charge in [-0.1, -0.05) is 6.07 Å². The number of ether oxygens (including phenoxy) is 4. The SMILES string of the molecule is CCOc1cc([C@@H]2C(C(=O)Nc3cc(OC)ccc3OC)=C(C)Nc3ncnn32)ccc1OC. The molecule has 0 saturated heterocycles. The number of benzene rings is 2. The lowest BCUT2D eigenvalue weighted by molar-refractivity contribution is -0.113. The van der Waals surface area contributed by atoms with Crippen LogP contribution in [-0.4, -0.2) is 48.6 Å². The summed E-state index contributed by atoms with van der Waals surface area (Å²) in [7, 11) is 4.69. The predicted octanol–water partition coefficient (Wildman–Crippen LogP) is 3.63. The summed E-state index contributed by atoms with van der Waals surface area (Å²) in [5.41, 5.74) is 2.40. The van der Waals surface area contributed by atoms with E-state index < -0.39 is 6.04 Å². The molecule has 0 fully saturated rings. The van der Waals surface area contributed by atoms with Gasteiger partial charge in [-0.05, 0) is 43.7 Å². The van der Waals surface area contributed by atoms with Gasteiger partial charge in [0.15, 0.2) is 11.5 Å². The predicted molar refractivity (Wildman–Crippen MR) is 127 cm³/mol. The third-order valence-corrected chi connectivity index (χ3v) is 5.50. The van der Waals surface area contributed by atoms with E-state index in [1.807, 2.05) is 32.0 Å². The Morgan fingerprint density at radius 3 is 2.53 bits per heavy atom. The Morgan fingerprint density at radius 2 is 1.82 bits per heavy atom. The molecule has 10 heteroatoms. The van der Waals surface area contributed by atoms with Crippen molar-refractivity contribution in [3.05, 3.63) is 59.6 Å². The second-order valence-electron chi connectivity index (χ2n) is 7.46. The van der Waals surface area contributed by atoms with Gasteiger partial charge in [0.25, 0.3) is 5.91 Å². The topological polar surface area (TPSA) is 109 Å². The van der Waals surface area contributed by atoms with E-state index in [0.717, 1.165) is 5.56 Å². The van der Waals surface area contributed by atoms with Gasteiger partial charge in [-0.15, -0.1) is 0 Å². The van der Waals surface area contributed by atoms with Crippen LogP contribution < -0.4 is 29.6 Å².